The van der Waals surface area contributed by atoms with Crippen molar-refractivity contribution < 1.29 is 0 Å². The molecule has 0 aliphatic rings. The van der Waals surface area contributed by atoms with Crippen molar-refractivity contribution in [1.29, 1.82) is 0 Å². The Morgan fingerprint density at radius 2 is 1.83 bits per heavy atom. The van der Waals surface area contributed by atoms with Crippen molar-refractivity contribution in [3.05, 3.63) is 60.4 Å². The minimum absolute atomic E-state index is 0.400. The SMILES string of the molecule is C=C(NCc1cccc2ccccc12)NC(C)C. The minimum Gasteiger partial charge on any atom is -0.370 e. The number of rotatable bonds is 5. The summed E-state index contributed by atoms with van der Waals surface area (Å²) in [6.45, 7) is 8.96. The van der Waals surface area contributed by atoms with Crippen LogP contribution in [0.4, 0.5) is 0 Å². The van der Waals surface area contributed by atoms with Crippen molar-refractivity contribution in [2.75, 3.05) is 0 Å². The second kappa shape index (κ2) is 5.58. The van der Waals surface area contributed by atoms with Gasteiger partial charge in [0.05, 0.1) is 5.82 Å². The predicted octanol–water partition coefficient (Wildman–Crippen LogP) is 3.40. The van der Waals surface area contributed by atoms with Crippen molar-refractivity contribution in [2.45, 2.75) is 26.4 Å². The van der Waals surface area contributed by atoms with Crippen LogP contribution in [0.5, 0.6) is 0 Å². The third-order valence-electron chi connectivity index (χ3n) is 2.84. The van der Waals surface area contributed by atoms with Crippen molar-refractivity contribution >= 4 is 10.8 Å². The highest BCUT2D eigenvalue weighted by Gasteiger charge is 2.01. The van der Waals surface area contributed by atoms with E-state index in [-0.39, 0.29) is 0 Å². The molecule has 0 radical (unpaired) electrons. The zero-order valence-corrected chi connectivity index (χ0v) is 11.0. The summed E-state index contributed by atoms with van der Waals surface area (Å²) in [4.78, 5) is 0. The molecule has 0 atom stereocenters. The summed E-state index contributed by atoms with van der Waals surface area (Å²) >= 11 is 0. The van der Waals surface area contributed by atoms with Gasteiger partial charge in [-0.2, -0.15) is 0 Å². The summed E-state index contributed by atoms with van der Waals surface area (Å²) < 4.78 is 0. The van der Waals surface area contributed by atoms with Gasteiger partial charge in [0.15, 0.2) is 0 Å². The first kappa shape index (κ1) is 12.5. The maximum absolute atomic E-state index is 3.97. The molecule has 94 valence electrons. The first-order chi connectivity index (χ1) is 8.66. The Morgan fingerprint density at radius 1 is 1.11 bits per heavy atom. The smallest absolute Gasteiger partial charge is 0.0917 e. The normalized spacial score (nSPS) is 10.6. The topological polar surface area (TPSA) is 24.1 Å². The molecule has 2 rings (SSSR count). The molecule has 2 N–H and O–H groups in total. The highest BCUT2D eigenvalue weighted by molar-refractivity contribution is 5.85. The fraction of sp³-hybridized carbons (Fsp3) is 0.250. The van der Waals surface area contributed by atoms with E-state index in [2.05, 4.69) is 73.5 Å². The molecule has 0 fully saturated rings. The number of fused-ring (bicyclic) bond motifs is 1. The molecular formula is C16H20N2. The Balaban J connectivity index is 2.10. The van der Waals surface area contributed by atoms with Crippen LogP contribution in [0.1, 0.15) is 19.4 Å². The first-order valence-electron chi connectivity index (χ1n) is 6.33. The van der Waals surface area contributed by atoms with E-state index in [1.165, 1.54) is 16.3 Å². The van der Waals surface area contributed by atoms with Crippen LogP contribution in [0, 0.1) is 0 Å². The van der Waals surface area contributed by atoms with E-state index < -0.39 is 0 Å². The summed E-state index contributed by atoms with van der Waals surface area (Å²) in [5.41, 5.74) is 1.29. The summed E-state index contributed by atoms with van der Waals surface area (Å²) in [5.74, 6) is 0.873. The molecule has 0 heterocycles. The molecule has 0 aliphatic carbocycles. The van der Waals surface area contributed by atoms with Crippen molar-refractivity contribution in [3.8, 4) is 0 Å². The molecule has 0 saturated carbocycles. The molecule has 0 amide bonds. The average molecular weight is 240 g/mol. The summed E-state index contributed by atoms with van der Waals surface area (Å²) in [5, 5.41) is 9.15. The monoisotopic (exact) mass is 240 g/mol. The Hall–Kier alpha value is -1.96. The molecule has 2 nitrogen and oxygen atoms in total. The Kier molecular flexibility index (Phi) is 3.88. The molecule has 2 heteroatoms. The lowest BCUT2D eigenvalue weighted by atomic mass is 10.0. The molecule has 0 aliphatic heterocycles. The van der Waals surface area contributed by atoms with Gasteiger partial charge in [-0.05, 0) is 30.2 Å². The van der Waals surface area contributed by atoms with Crippen LogP contribution >= 0.6 is 0 Å². The van der Waals surface area contributed by atoms with Gasteiger partial charge in [-0.15, -0.1) is 0 Å². The quantitative estimate of drug-likeness (QED) is 0.837. The Bertz CT molecular complexity index is 538. The van der Waals surface area contributed by atoms with Gasteiger partial charge in [0.1, 0.15) is 0 Å². The molecule has 0 bridgehead atoms. The summed E-state index contributed by atoms with van der Waals surface area (Å²) in [7, 11) is 0. The Morgan fingerprint density at radius 3 is 2.61 bits per heavy atom. The van der Waals surface area contributed by atoms with E-state index in [4.69, 9.17) is 0 Å². The zero-order chi connectivity index (χ0) is 13.0. The second-order valence-electron chi connectivity index (χ2n) is 4.77. The van der Waals surface area contributed by atoms with Crippen LogP contribution in [-0.4, -0.2) is 6.04 Å². The highest BCUT2D eigenvalue weighted by Crippen LogP contribution is 2.18. The molecule has 0 saturated heterocycles. The van der Waals surface area contributed by atoms with Gasteiger partial charge in [0.2, 0.25) is 0 Å². The summed E-state index contributed by atoms with van der Waals surface area (Å²) in [6, 6.07) is 15.2. The van der Waals surface area contributed by atoms with Crippen LogP contribution in [0.25, 0.3) is 10.8 Å². The molecule has 2 aromatic rings. The average Bonchev–Trinajstić information content (AvgIpc) is 2.35. The number of benzene rings is 2. The van der Waals surface area contributed by atoms with Crippen molar-refractivity contribution in [1.82, 2.24) is 10.6 Å². The van der Waals surface area contributed by atoms with E-state index in [1.807, 2.05) is 0 Å². The lowest BCUT2D eigenvalue weighted by molar-refractivity contribution is 0.610. The van der Waals surface area contributed by atoms with Crippen LogP contribution in [0.3, 0.4) is 0 Å². The van der Waals surface area contributed by atoms with Gasteiger partial charge < -0.3 is 10.6 Å². The number of nitrogens with one attached hydrogen (secondary N) is 2. The number of hydrogen-bond donors (Lipinski definition) is 2. The van der Waals surface area contributed by atoms with Crippen molar-refractivity contribution in [2.24, 2.45) is 0 Å². The van der Waals surface area contributed by atoms with Crippen LogP contribution < -0.4 is 10.6 Å². The van der Waals surface area contributed by atoms with Crippen molar-refractivity contribution in [3.63, 3.8) is 0 Å². The molecule has 0 spiro atoms. The predicted molar refractivity (Wildman–Crippen MR) is 78.2 cm³/mol. The van der Waals surface area contributed by atoms with Gasteiger partial charge in [-0.1, -0.05) is 49.0 Å². The van der Waals surface area contributed by atoms with Gasteiger partial charge in [-0.3, -0.25) is 0 Å². The second-order valence-corrected chi connectivity index (χ2v) is 4.77. The van der Waals surface area contributed by atoms with Crippen LogP contribution in [-0.2, 0) is 6.54 Å². The van der Waals surface area contributed by atoms with Gasteiger partial charge in [0, 0.05) is 12.6 Å². The molecular weight excluding hydrogens is 220 g/mol. The van der Waals surface area contributed by atoms with Gasteiger partial charge in [-0.25, -0.2) is 0 Å². The van der Waals surface area contributed by atoms with Gasteiger partial charge in [0.25, 0.3) is 0 Å². The minimum atomic E-state index is 0.400. The van der Waals surface area contributed by atoms with Crippen LogP contribution in [0.2, 0.25) is 0 Å². The van der Waals surface area contributed by atoms with Gasteiger partial charge >= 0.3 is 0 Å². The molecule has 0 unspecified atom stereocenters. The Labute approximate surface area is 109 Å². The fourth-order valence-electron chi connectivity index (χ4n) is 2.05. The van der Waals surface area contributed by atoms with E-state index in [0.717, 1.165) is 12.4 Å². The molecule has 18 heavy (non-hydrogen) atoms. The maximum Gasteiger partial charge on any atom is 0.0917 e. The number of hydrogen-bond acceptors (Lipinski definition) is 2. The molecule has 2 aromatic carbocycles. The molecule has 0 aromatic heterocycles. The highest BCUT2D eigenvalue weighted by atomic mass is 15.1. The van der Waals surface area contributed by atoms with E-state index in [1.54, 1.807) is 0 Å². The third-order valence-corrected chi connectivity index (χ3v) is 2.84. The lowest BCUT2D eigenvalue weighted by Crippen LogP contribution is -2.30. The summed E-state index contributed by atoms with van der Waals surface area (Å²) in [6.07, 6.45) is 0. The lowest BCUT2D eigenvalue weighted by Gasteiger charge is -2.15. The van der Waals surface area contributed by atoms with E-state index in [9.17, 15) is 0 Å². The fourth-order valence-corrected chi connectivity index (χ4v) is 2.05. The first-order valence-corrected chi connectivity index (χ1v) is 6.33. The van der Waals surface area contributed by atoms with E-state index in [0.29, 0.717) is 6.04 Å². The largest absolute Gasteiger partial charge is 0.370 e. The van der Waals surface area contributed by atoms with Crippen LogP contribution in [0.15, 0.2) is 54.9 Å². The standard InChI is InChI=1S/C16H20N2/c1-12(2)18-13(3)17-11-15-9-6-8-14-7-4-5-10-16(14)15/h4-10,12,17-18H,3,11H2,1-2H3. The third kappa shape index (κ3) is 3.04. The maximum atomic E-state index is 3.97. The van der Waals surface area contributed by atoms with E-state index >= 15 is 0 Å². The zero-order valence-electron chi connectivity index (χ0n) is 11.0.